The van der Waals surface area contributed by atoms with E-state index in [-0.39, 0.29) is 18.9 Å². The Morgan fingerprint density at radius 3 is 2.34 bits per heavy atom. The second-order valence-corrected chi connectivity index (χ2v) is 9.35. The van der Waals surface area contributed by atoms with Gasteiger partial charge in [0.05, 0.1) is 17.5 Å². The maximum absolute atomic E-state index is 12.5. The molecule has 1 heterocycles. The van der Waals surface area contributed by atoms with Crippen LogP contribution in [0.5, 0.6) is 0 Å². The number of carbonyl (C=O) groups is 2. The number of halogens is 2. The molecule has 8 heteroatoms. The SMILES string of the molecule is Cc1ccc(CCc2nc3cc(C(=O)NCCC(=O)O)ccc3n2Cc2cc(Cl)cc(Cl)c2)cc1. The van der Waals surface area contributed by atoms with Crippen LogP contribution in [0.1, 0.15) is 39.3 Å². The summed E-state index contributed by atoms with van der Waals surface area (Å²) in [6.45, 7) is 2.66. The first-order chi connectivity index (χ1) is 16.8. The molecule has 4 rings (SSSR count). The largest absolute Gasteiger partial charge is 0.481 e. The van der Waals surface area contributed by atoms with Crippen LogP contribution in [0.2, 0.25) is 10.0 Å². The van der Waals surface area contributed by atoms with Gasteiger partial charge in [0.15, 0.2) is 0 Å². The number of hydrogen-bond acceptors (Lipinski definition) is 3. The number of fused-ring (bicyclic) bond motifs is 1. The van der Waals surface area contributed by atoms with E-state index in [4.69, 9.17) is 33.3 Å². The topological polar surface area (TPSA) is 84.2 Å². The summed E-state index contributed by atoms with van der Waals surface area (Å²) in [5.41, 5.74) is 5.41. The number of hydrogen-bond donors (Lipinski definition) is 2. The summed E-state index contributed by atoms with van der Waals surface area (Å²) in [6.07, 6.45) is 1.41. The molecule has 180 valence electrons. The molecule has 0 spiro atoms. The minimum atomic E-state index is -0.959. The fourth-order valence-electron chi connectivity index (χ4n) is 3.97. The summed E-state index contributed by atoms with van der Waals surface area (Å²) in [5.74, 6) is -0.399. The van der Waals surface area contributed by atoms with Gasteiger partial charge in [-0.1, -0.05) is 53.0 Å². The Kier molecular flexibility index (Phi) is 7.73. The molecular weight excluding hydrogens is 485 g/mol. The van der Waals surface area contributed by atoms with Crippen molar-refractivity contribution in [2.75, 3.05) is 6.54 Å². The summed E-state index contributed by atoms with van der Waals surface area (Å²) in [4.78, 5) is 28.1. The number of benzene rings is 3. The van der Waals surface area contributed by atoms with Gasteiger partial charge in [0.2, 0.25) is 0 Å². The Hall–Kier alpha value is -3.35. The quantitative estimate of drug-likeness (QED) is 0.303. The molecule has 0 aliphatic heterocycles. The Bertz CT molecular complexity index is 1360. The maximum Gasteiger partial charge on any atom is 0.305 e. The smallest absolute Gasteiger partial charge is 0.305 e. The van der Waals surface area contributed by atoms with Crippen LogP contribution in [-0.4, -0.2) is 33.1 Å². The predicted molar refractivity (Wildman–Crippen MR) is 138 cm³/mol. The van der Waals surface area contributed by atoms with Gasteiger partial charge < -0.3 is 15.0 Å². The molecule has 0 bridgehead atoms. The monoisotopic (exact) mass is 509 g/mol. The number of aryl methyl sites for hydroxylation is 3. The van der Waals surface area contributed by atoms with Gasteiger partial charge in [-0.3, -0.25) is 9.59 Å². The van der Waals surface area contributed by atoms with E-state index in [1.807, 2.05) is 18.2 Å². The Morgan fingerprint density at radius 1 is 0.943 bits per heavy atom. The van der Waals surface area contributed by atoms with Crippen LogP contribution < -0.4 is 5.32 Å². The van der Waals surface area contributed by atoms with Crippen molar-refractivity contribution in [1.82, 2.24) is 14.9 Å². The van der Waals surface area contributed by atoms with E-state index in [1.54, 1.807) is 18.2 Å². The third kappa shape index (κ3) is 6.41. The lowest BCUT2D eigenvalue weighted by Gasteiger charge is -2.11. The van der Waals surface area contributed by atoms with Crippen molar-refractivity contribution in [3.8, 4) is 0 Å². The third-order valence-corrected chi connectivity index (χ3v) is 6.17. The number of aromatic nitrogens is 2. The molecular formula is C27H25Cl2N3O3. The van der Waals surface area contributed by atoms with E-state index < -0.39 is 5.97 Å². The zero-order valence-electron chi connectivity index (χ0n) is 19.2. The fourth-order valence-corrected chi connectivity index (χ4v) is 4.54. The molecule has 0 fully saturated rings. The molecule has 0 radical (unpaired) electrons. The number of carboxylic acids is 1. The number of aliphatic carboxylic acids is 1. The number of amides is 1. The molecule has 0 unspecified atom stereocenters. The summed E-state index contributed by atoms with van der Waals surface area (Å²) < 4.78 is 2.12. The van der Waals surface area contributed by atoms with Crippen molar-refractivity contribution < 1.29 is 14.7 Å². The highest BCUT2D eigenvalue weighted by Gasteiger charge is 2.15. The Balaban J connectivity index is 1.65. The summed E-state index contributed by atoms with van der Waals surface area (Å²) in [5, 5.41) is 12.6. The highest BCUT2D eigenvalue weighted by molar-refractivity contribution is 6.34. The van der Waals surface area contributed by atoms with E-state index in [9.17, 15) is 9.59 Å². The van der Waals surface area contributed by atoms with Crippen molar-refractivity contribution in [2.24, 2.45) is 0 Å². The highest BCUT2D eigenvalue weighted by Crippen LogP contribution is 2.24. The van der Waals surface area contributed by atoms with Crippen molar-refractivity contribution in [1.29, 1.82) is 0 Å². The minimum Gasteiger partial charge on any atom is -0.481 e. The molecule has 1 aromatic heterocycles. The number of nitrogens with one attached hydrogen (secondary N) is 1. The average Bonchev–Trinajstić information content (AvgIpc) is 3.14. The van der Waals surface area contributed by atoms with Crippen LogP contribution in [0, 0.1) is 6.92 Å². The molecule has 35 heavy (non-hydrogen) atoms. The highest BCUT2D eigenvalue weighted by atomic mass is 35.5. The van der Waals surface area contributed by atoms with Gasteiger partial charge in [-0.25, -0.2) is 4.98 Å². The molecule has 0 aliphatic rings. The van der Waals surface area contributed by atoms with Crippen LogP contribution in [-0.2, 0) is 24.2 Å². The fraction of sp³-hybridized carbons (Fsp3) is 0.222. The second kappa shape index (κ2) is 10.9. The summed E-state index contributed by atoms with van der Waals surface area (Å²) in [7, 11) is 0. The van der Waals surface area contributed by atoms with Crippen LogP contribution in [0.4, 0.5) is 0 Å². The first-order valence-corrected chi connectivity index (χ1v) is 12.0. The lowest BCUT2D eigenvalue weighted by atomic mass is 10.1. The molecule has 2 N–H and O–H groups in total. The van der Waals surface area contributed by atoms with Gasteiger partial charge in [0.1, 0.15) is 5.82 Å². The van der Waals surface area contributed by atoms with Gasteiger partial charge in [-0.05, 0) is 60.9 Å². The molecule has 0 aliphatic carbocycles. The van der Waals surface area contributed by atoms with Crippen molar-refractivity contribution in [3.05, 3.63) is 98.8 Å². The van der Waals surface area contributed by atoms with Gasteiger partial charge in [-0.15, -0.1) is 0 Å². The number of rotatable bonds is 9. The van der Waals surface area contributed by atoms with E-state index in [1.165, 1.54) is 11.1 Å². The van der Waals surface area contributed by atoms with Gasteiger partial charge in [-0.2, -0.15) is 0 Å². The first kappa shape index (κ1) is 24.8. The second-order valence-electron chi connectivity index (χ2n) is 8.48. The normalized spacial score (nSPS) is 11.1. The van der Waals surface area contributed by atoms with Crippen LogP contribution in [0.25, 0.3) is 11.0 Å². The zero-order valence-corrected chi connectivity index (χ0v) is 20.7. The molecule has 3 aromatic carbocycles. The van der Waals surface area contributed by atoms with Gasteiger partial charge in [0, 0.05) is 35.1 Å². The molecule has 1 amide bonds. The first-order valence-electron chi connectivity index (χ1n) is 11.3. The van der Waals surface area contributed by atoms with Crippen LogP contribution in [0.3, 0.4) is 0 Å². The summed E-state index contributed by atoms with van der Waals surface area (Å²) >= 11 is 12.5. The molecule has 0 saturated heterocycles. The van der Waals surface area contributed by atoms with E-state index in [0.29, 0.717) is 34.1 Å². The van der Waals surface area contributed by atoms with Gasteiger partial charge >= 0.3 is 5.97 Å². The standard InChI is InChI=1S/C27H25Cl2N3O3/c1-17-2-4-18(5-3-17)6-9-25-31-23-14-20(27(35)30-11-10-26(33)34)7-8-24(23)32(25)16-19-12-21(28)15-22(29)13-19/h2-5,7-8,12-15H,6,9-11,16H2,1H3,(H,30,35)(H,33,34). The number of nitrogens with zero attached hydrogens (tertiary/aromatic N) is 2. The van der Waals surface area contributed by atoms with E-state index in [2.05, 4.69) is 41.1 Å². The number of carbonyl (C=O) groups excluding carboxylic acids is 1. The third-order valence-electron chi connectivity index (χ3n) is 5.73. The predicted octanol–water partition coefficient (Wildman–Crippen LogP) is 5.69. The average molecular weight is 510 g/mol. The van der Waals surface area contributed by atoms with E-state index in [0.717, 1.165) is 23.3 Å². The summed E-state index contributed by atoms with van der Waals surface area (Å²) in [6, 6.07) is 19.2. The van der Waals surface area contributed by atoms with Crippen LogP contribution in [0.15, 0.2) is 60.7 Å². The van der Waals surface area contributed by atoms with Gasteiger partial charge in [0.25, 0.3) is 5.91 Å². The maximum atomic E-state index is 12.5. The van der Waals surface area contributed by atoms with Crippen LogP contribution >= 0.6 is 23.2 Å². The zero-order chi connectivity index (χ0) is 24.9. The van der Waals surface area contributed by atoms with Crippen molar-refractivity contribution in [3.63, 3.8) is 0 Å². The minimum absolute atomic E-state index is 0.0674. The lowest BCUT2D eigenvalue weighted by molar-refractivity contribution is -0.136. The van der Waals surface area contributed by atoms with E-state index >= 15 is 0 Å². The van der Waals surface area contributed by atoms with Crippen molar-refractivity contribution >= 4 is 46.1 Å². The molecule has 0 saturated carbocycles. The Morgan fingerprint density at radius 2 is 1.66 bits per heavy atom. The molecule has 6 nitrogen and oxygen atoms in total. The lowest BCUT2D eigenvalue weighted by Crippen LogP contribution is -2.25. The number of imidazole rings is 1. The number of carboxylic acid groups (broad SMARTS) is 1. The molecule has 0 atom stereocenters. The Labute approximate surface area is 213 Å². The molecule has 4 aromatic rings. The van der Waals surface area contributed by atoms with Crippen molar-refractivity contribution in [2.45, 2.75) is 32.7 Å².